The van der Waals surface area contributed by atoms with E-state index in [1.165, 1.54) is 5.56 Å². The number of rotatable bonds is 5. The van der Waals surface area contributed by atoms with Gasteiger partial charge in [0, 0.05) is 21.7 Å². The summed E-state index contributed by atoms with van der Waals surface area (Å²) in [4.78, 5) is 0. The molecule has 21 heavy (non-hydrogen) atoms. The van der Waals surface area contributed by atoms with Crippen molar-refractivity contribution in [3.8, 4) is 5.75 Å². The lowest BCUT2D eigenvalue weighted by atomic mass is 10.0. The molecule has 0 saturated heterocycles. The Morgan fingerprint density at radius 1 is 1.14 bits per heavy atom. The van der Waals surface area contributed by atoms with Crippen LogP contribution in [0.1, 0.15) is 23.6 Å². The largest absolute Gasteiger partial charge is 0.489 e. The van der Waals surface area contributed by atoms with Crippen LogP contribution >= 0.6 is 23.2 Å². The van der Waals surface area contributed by atoms with E-state index in [1.807, 2.05) is 37.3 Å². The third-order valence-electron chi connectivity index (χ3n) is 3.19. The molecule has 112 valence electrons. The lowest BCUT2D eigenvalue weighted by Gasteiger charge is -2.15. The van der Waals surface area contributed by atoms with Gasteiger partial charge in [-0.3, -0.25) is 0 Å². The van der Waals surface area contributed by atoms with Crippen molar-refractivity contribution in [3.05, 3.63) is 63.1 Å². The summed E-state index contributed by atoms with van der Waals surface area (Å²) in [6.07, 6.45) is 0.771. The Hall–Kier alpha value is -1.22. The van der Waals surface area contributed by atoms with Crippen molar-refractivity contribution in [2.45, 2.75) is 32.9 Å². The number of benzene rings is 2. The van der Waals surface area contributed by atoms with Gasteiger partial charge in [0.1, 0.15) is 12.4 Å². The zero-order chi connectivity index (χ0) is 15.4. The van der Waals surface area contributed by atoms with E-state index in [1.54, 1.807) is 0 Å². The highest BCUT2D eigenvalue weighted by Gasteiger charge is 2.10. The molecule has 0 aromatic heterocycles. The highest BCUT2D eigenvalue weighted by molar-refractivity contribution is 6.35. The summed E-state index contributed by atoms with van der Waals surface area (Å²) in [6, 6.07) is 11.6. The molecule has 2 nitrogen and oxygen atoms in total. The van der Waals surface area contributed by atoms with Crippen LogP contribution < -0.4 is 10.5 Å². The zero-order valence-corrected chi connectivity index (χ0v) is 13.7. The first-order valence-electron chi connectivity index (χ1n) is 6.88. The van der Waals surface area contributed by atoms with Crippen LogP contribution in [0, 0.1) is 6.92 Å². The molecule has 0 amide bonds. The van der Waals surface area contributed by atoms with Crippen LogP contribution in [0.4, 0.5) is 0 Å². The molecule has 0 radical (unpaired) electrons. The maximum atomic E-state index is 6.16. The van der Waals surface area contributed by atoms with E-state index in [0.717, 1.165) is 23.3 Å². The number of halogens is 2. The molecule has 2 N–H and O–H groups in total. The zero-order valence-electron chi connectivity index (χ0n) is 12.2. The summed E-state index contributed by atoms with van der Waals surface area (Å²) in [5.41, 5.74) is 8.99. The van der Waals surface area contributed by atoms with E-state index < -0.39 is 0 Å². The first-order chi connectivity index (χ1) is 9.97. The number of hydrogen-bond donors (Lipinski definition) is 1. The quantitative estimate of drug-likeness (QED) is 0.860. The van der Waals surface area contributed by atoms with Crippen LogP contribution in [0.5, 0.6) is 5.75 Å². The number of nitrogens with two attached hydrogens (primary N) is 1. The van der Waals surface area contributed by atoms with Gasteiger partial charge in [-0.1, -0.05) is 47.0 Å². The van der Waals surface area contributed by atoms with Gasteiger partial charge in [-0.2, -0.15) is 0 Å². The van der Waals surface area contributed by atoms with E-state index in [-0.39, 0.29) is 6.04 Å². The Kier molecular flexibility index (Phi) is 5.51. The van der Waals surface area contributed by atoms with Crippen molar-refractivity contribution >= 4 is 23.2 Å². The molecule has 0 saturated carbocycles. The molecular formula is C17H19Cl2NO. The van der Waals surface area contributed by atoms with Gasteiger partial charge >= 0.3 is 0 Å². The third kappa shape index (κ3) is 4.37. The SMILES string of the molecule is Cc1ccc(OCc2c(Cl)cccc2Cl)c(CC(C)N)c1. The minimum Gasteiger partial charge on any atom is -0.489 e. The molecule has 0 bridgehead atoms. The summed E-state index contributed by atoms with van der Waals surface area (Å²) in [7, 11) is 0. The van der Waals surface area contributed by atoms with E-state index in [9.17, 15) is 0 Å². The second-order valence-corrected chi connectivity index (χ2v) is 6.10. The van der Waals surface area contributed by atoms with Gasteiger partial charge in [-0.25, -0.2) is 0 Å². The number of ether oxygens (including phenoxy) is 1. The first kappa shape index (κ1) is 16.2. The van der Waals surface area contributed by atoms with Crippen LogP contribution in [0.3, 0.4) is 0 Å². The molecular weight excluding hydrogens is 305 g/mol. The standard InChI is InChI=1S/C17H19Cl2NO/c1-11-6-7-17(13(8-11)9-12(2)20)21-10-14-15(18)4-3-5-16(14)19/h3-8,12H,9-10,20H2,1-2H3. The minimum atomic E-state index is 0.0815. The summed E-state index contributed by atoms with van der Waals surface area (Å²) >= 11 is 12.3. The first-order valence-corrected chi connectivity index (χ1v) is 7.63. The molecule has 0 aliphatic carbocycles. The van der Waals surface area contributed by atoms with E-state index >= 15 is 0 Å². The maximum Gasteiger partial charge on any atom is 0.123 e. The Morgan fingerprint density at radius 2 is 1.81 bits per heavy atom. The molecule has 1 atom stereocenters. The average Bonchev–Trinajstić information content (AvgIpc) is 2.39. The average molecular weight is 324 g/mol. The molecule has 2 aromatic carbocycles. The Bertz CT molecular complexity index is 606. The van der Waals surface area contributed by atoms with Gasteiger partial charge in [0.05, 0.1) is 0 Å². The van der Waals surface area contributed by atoms with Gasteiger partial charge in [0.15, 0.2) is 0 Å². The summed E-state index contributed by atoms with van der Waals surface area (Å²) in [5, 5.41) is 1.23. The summed E-state index contributed by atoms with van der Waals surface area (Å²) in [5.74, 6) is 0.828. The van der Waals surface area contributed by atoms with Crippen molar-refractivity contribution < 1.29 is 4.74 Å². The van der Waals surface area contributed by atoms with Crippen LogP contribution in [0.15, 0.2) is 36.4 Å². The highest BCUT2D eigenvalue weighted by atomic mass is 35.5. The van der Waals surface area contributed by atoms with E-state index in [2.05, 4.69) is 13.0 Å². The lowest BCUT2D eigenvalue weighted by molar-refractivity contribution is 0.302. The van der Waals surface area contributed by atoms with Gasteiger partial charge in [0.2, 0.25) is 0 Å². The summed E-state index contributed by atoms with van der Waals surface area (Å²) in [6.45, 7) is 4.38. The monoisotopic (exact) mass is 323 g/mol. The molecule has 0 aliphatic heterocycles. The Morgan fingerprint density at radius 3 is 2.43 bits per heavy atom. The van der Waals surface area contributed by atoms with Crippen molar-refractivity contribution in [1.29, 1.82) is 0 Å². The highest BCUT2D eigenvalue weighted by Crippen LogP contribution is 2.28. The normalized spacial score (nSPS) is 12.2. The minimum absolute atomic E-state index is 0.0815. The molecule has 0 heterocycles. The number of hydrogen-bond acceptors (Lipinski definition) is 2. The van der Waals surface area contributed by atoms with E-state index in [4.69, 9.17) is 33.7 Å². The van der Waals surface area contributed by atoms with Crippen LogP contribution in [0.2, 0.25) is 10.0 Å². The van der Waals surface area contributed by atoms with Gasteiger partial charge < -0.3 is 10.5 Å². The predicted molar refractivity (Wildman–Crippen MR) is 89.3 cm³/mol. The van der Waals surface area contributed by atoms with Gasteiger partial charge in [-0.05, 0) is 44.0 Å². The fourth-order valence-electron chi connectivity index (χ4n) is 2.18. The molecule has 1 unspecified atom stereocenters. The van der Waals surface area contributed by atoms with Crippen LogP contribution in [0.25, 0.3) is 0 Å². The lowest BCUT2D eigenvalue weighted by Crippen LogP contribution is -2.18. The summed E-state index contributed by atoms with van der Waals surface area (Å²) < 4.78 is 5.92. The van der Waals surface area contributed by atoms with Crippen molar-refractivity contribution in [1.82, 2.24) is 0 Å². The second-order valence-electron chi connectivity index (χ2n) is 5.28. The van der Waals surface area contributed by atoms with Crippen molar-refractivity contribution in [2.75, 3.05) is 0 Å². The fraction of sp³-hybridized carbons (Fsp3) is 0.294. The van der Waals surface area contributed by atoms with E-state index in [0.29, 0.717) is 16.7 Å². The van der Waals surface area contributed by atoms with Crippen LogP contribution in [-0.4, -0.2) is 6.04 Å². The predicted octanol–water partition coefficient (Wildman–Crippen LogP) is 4.77. The van der Waals surface area contributed by atoms with Crippen LogP contribution in [-0.2, 0) is 13.0 Å². The molecule has 0 spiro atoms. The number of aryl methyl sites for hydroxylation is 1. The van der Waals surface area contributed by atoms with Crippen molar-refractivity contribution in [3.63, 3.8) is 0 Å². The van der Waals surface area contributed by atoms with Crippen molar-refractivity contribution in [2.24, 2.45) is 5.73 Å². The Balaban J connectivity index is 2.20. The third-order valence-corrected chi connectivity index (χ3v) is 3.90. The molecule has 2 aromatic rings. The van der Waals surface area contributed by atoms with Gasteiger partial charge in [0.25, 0.3) is 0 Å². The smallest absolute Gasteiger partial charge is 0.123 e. The van der Waals surface area contributed by atoms with Gasteiger partial charge in [-0.15, -0.1) is 0 Å². The molecule has 4 heteroatoms. The molecule has 0 fully saturated rings. The fourth-order valence-corrected chi connectivity index (χ4v) is 2.68. The molecule has 0 aliphatic rings. The topological polar surface area (TPSA) is 35.2 Å². The second kappa shape index (κ2) is 7.17. The molecule has 2 rings (SSSR count). The Labute approximate surface area is 135 Å². The maximum absolute atomic E-state index is 6.16.